The standard InChI is InChI=1S/C22H23ClN2O3S/c1-13-5-6-14(2)18(11-13)20(26)15(3)29-22-24-19-12-16(23)7-8-17(19)21(27)25(22)9-10-28-4/h5-8,11-12,15H,9-10H2,1-4H3/t15-/m1/s1. The van der Waals surface area contributed by atoms with Gasteiger partial charge in [-0.05, 0) is 50.6 Å². The molecule has 1 heterocycles. The Balaban J connectivity index is 2.02. The van der Waals surface area contributed by atoms with Gasteiger partial charge in [0.2, 0.25) is 0 Å². The Morgan fingerprint density at radius 2 is 2.00 bits per heavy atom. The van der Waals surface area contributed by atoms with Gasteiger partial charge >= 0.3 is 0 Å². The van der Waals surface area contributed by atoms with Crippen molar-refractivity contribution in [2.75, 3.05) is 13.7 Å². The molecule has 7 heteroatoms. The predicted octanol–water partition coefficient (Wildman–Crippen LogP) is 4.68. The van der Waals surface area contributed by atoms with Crippen LogP contribution in [-0.2, 0) is 11.3 Å². The van der Waals surface area contributed by atoms with Crippen molar-refractivity contribution in [1.82, 2.24) is 9.55 Å². The fourth-order valence-electron chi connectivity index (χ4n) is 3.08. The lowest BCUT2D eigenvalue weighted by Gasteiger charge is -2.16. The monoisotopic (exact) mass is 430 g/mol. The van der Waals surface area contributed by atoms with Crippen LogP contribution in [0.2, 0.25) is 5.02 Å². The number of Topliss-reactive ketones (excluding diaryl/α,β-unsaturated/α-hetero) is 1. The molecule has 0 aliphatic carbocycles. The number of thioether (sulfide) groups is 1. The topological polar surface area (TPSA) is 61.2 Å². The number of hydrogen-bond acceptors (Lipinski definition) is 5. The van der Waals surface area contributed by atoms with Crippen LogP contribution in [0.25, 0.3) is 10.9 Å². The van der Waals surface area contributed by atoms with Crippen LogP contribution in [0.4, 0.5) is 0 Å². The fourth-order valence-corrected chi connectivity index (χ4v) is 4.24. The lowest BCUT2D eigenvalue weighted by Crippen LogP contribution is -2.26. The van der Waals surface area contributed by atoms with Gasteiger partial charge in [-0.1, -0.05) is 41.1 Å². The molecule has 2 aromatic carbocycles. The summed E-state index contributed by atoms with van der Waals surface area (Å²) in [5, 5.41) is 1.07. The number of hydrogen-bond donors (Lipinski definition) is 0. The smallest absolute Gasteiger partial charge is 0.262 e. The molecule has 29 heavy (non-hydrogen) atoms. The van der Waals surface area contributed by atoms with Gasteiger partial charge in [-0.15, -0.1) is 0 Å². The van der Waals surface area contributed by atoms with Crippen LogP contribution >= 0.6 is 23.4 Å². The highest BCUT2D eigenvalue weighted by atomic mass is 35.5. The van der Waals surface area contributed by atoms with E-state index in [-0.39, 0.29) is 11.3 Å². The third-order valence-electron chi connectivity index (χ3n) is 4.71. The van der Waals surface area contributed by atoms with Crippen LogP contribution in [0.15, 0.2) is 46.3 Å². The lowest BCUT2D eigenvalue weighted by molar-refractivity contribution is 0.0993. The van der Waals surface area contributed by atoms with Crippen LogP contribution in [0.3, 0.4) is 0 Å². The number of carbonyl (C=O) groups is 1. The van der Waals surface area contributed by atoms with Gasteiger partial charge in [0.05, 0.1) is 29.3 Å². The number of benzene rings is 2. The van der Waals surface area contributed by atoms with Crippen molar-refractivity contribution in [2.45, 2.75) is 37.7 Å². The maximum absolute atomic E-state index is 13.1. The van der Waals surface area contributed by atoms with Gasteiger partial charge in [0.15, 0.2) is 10.9 Å². The van der Waals surface area contributed by atoms with Gasteiger partial charge in [-0.3, -0.25) is 14.2 Å². The molecule has 3 rings (SSSR count). The van der Waals surface area contributed by atoms with Gasteiger partial charge in [0, 0.05) is 17.7 Å². The number of carbonyl (C=O) groups excluding carboxylic acids is 1. The molecule has 0 radical (unpaired) electrons. The molecule has 5 nitrogen and oxygen atoms in total. The summed E-state index contributed by atoms with van der Waals surface area (Å²) in [6.07, 6.45) is 0. The van der Waals surface area contributed by atoms with E-state index in [0.717, 1.165) is 11.1 Å². The highest BCUT2D eigenvalue weighted by Crippen LogP contribution is 2.27. The van der Waals surface area contributed by atoms with Gasteiger partial charge in [-0.25, -0.2) is 4.98 Å². The van der Waals surface area contributed by atoms with Crippen molar-refractivity contribution in [1.29, 1.82) is 0 Å². The van der Waals surface area contributed by atoms with E-state index < -0.39 is 5.25 Å². The van der Waals surface area contributed by atoms with Crippen molar-refractivity contribution in [3.8, 4) is 0 Å². The second kappa shape index (κ2) is 9.11. The quantitative estimate of drug-likeness (QED) is 0.309. The third kappa shape index (κ3) is 4.71. The Kier molecular flexibility index (Phi) is 6.77. The Labute approximate surface area is 179 Å². The highest BCUT2D eigenvalue weighted by molar-refractivity contribution is 8.00. The fraction of sp³-hybridized carbons (Fsp3) is 0.318. The van der Waals surface area contributed by atoms with E-state index in [4.69, 9.17) is 16.3 Å². The molecule has 0 amide bonds. The maximum Gasteiger partial charge on any atom is 0.262 e. The molecular weight excluding hydrogens is 408 g/mol. The van der Waals surface area contributed by atoms with Crippen LogP contribution in [0.1, 0.15) is 28.4 Å². The van der Waals surface area contributed by atoms with Crippen LogP contribution in [0, 0.1) is 13.8 Å². The summed E-state index contributed by atoms with van der Waals surface area (Å²) in [6.45, 7) is 6.45. The van der Waals surface area contributed by atoms with E-state index in [0.29, 0.717) is 39.8 Å². The molecule has 0 fully saturated rings. The van der Waals surface area contributed by atoms with Gasteiger partial charge in [0.1, 0.15) is 0 Å². The minimum Gasteiger partial charge on any atom is -0.383 e. The molecule has 3 aromatic rings. The highest BCUT2D eigenvalue weighted by Gasteiger charge is 2.22. The summed E-state index contributed by atoms with van der Waals surface area (Å²) in [5.41, 5.74) is 3.01. The zero-order valence-electron chi connectivity index (χ0n) is 16.9. The number of aromatic nitrogens is 2. The first kappa shape index (κ1) is 21.6. The molecule has 0 N–H and O–H groups in total. The van der Waals surface area contributed by atoms with Gasteiger partial charge in [0.25, 0.3) is 5.56 Å². The molecule has 0 bridgehead atoms. The summed E-state index contributed by atoms with van der Waals surface area (Å²) < 4.78 is 6.72. The van der Waals surface area contributed by atoms with Crippen molar-refractivity contribution in [3.05, 3.63) is 68.5 Å². The number of fused-ring (bicyclic) bond motifs is 1. The Hall–Kier alpha value is -2.15. The molecule has 152 valence electrons. The first-order valence-corrected chi connectivity index (χ1v) is 10.5. The molecule has 0 spiro atoms. The van der Waals surface area contributed by atoms with Crippen LogP contribution < -0.4 is 5.56 Å². The molecule has 0 aliphatic heterocycles. The molecule has 1 aromatic heterocycles. The maximum atomic E-state index is 13.1. The molecule has 0 aliphatic rings. The van der Waals surface area contributed by atoms with Crippen molar-refractivity contribution < 1.29 is 9.53 Å². The van der Waals surface area contributed by atoms with E-state index >= 15 is 0 Å². The molecule has 0 saturated carbocycles. The van der Waals surface area contributed by atoms with E-state index in [1.165, 1.54) is 11.8 Å². The van der Waals surface area contributed by atoms with Crippen molar-refractivity contribution in [3.63, 3.8) is 0 Å². The number of methoxy groups -OCH3 is 1. The summed E-state index contributed by atoms with van der Waals surface area (Å²) in [5.74, 6) is 0.00920. The largest absolute Gasteiger partial charge is 0.383 e. The molecular formula is C22H23ClN2O3S. The zero-order chi connectivity index (χ0) is 21.1. The second-order valence-corrected chi connectivity index (χ2v) is 8.69. The Bertz CT molecular complexity index is 1130. The normalized spacial score (nSPS) is 12.3. The van der Waals surface area contributed by atoms with Gasteiger partial charge < -0.3 is 4.74 Å². The minimum atomic E-state index is -0.409. The number of nitrogens with zero attached hydrogens (tertiary/aromatic N) is 2. The molecule has 0 unspecified atom stereocenters. The average Bonchev–Trinajstić information content (AvgIpc) is 2.68. The van der Waals surface area contributed by atoms with E-state index in [1.54, 1.807) is 29.9 Å². The van der Waals surface area contributed by atoms with Crippen molar-refractivity contribution in [2.24, 2.45) is 0 Å². The summed E-state index contributed by atoms with van der Waals surface area (Å²) in [6, 6.07) is 10.9. The van der Waals surface area contributed by atoms with E-state index in [9.17, 15) is 9.59 Å². The predicted molar refractivity (Wildman–Crippen MR) is 118 cm³/mol. The number of ether oxygens (including phenoxy) is 1. The Morgan fingerprint density at radius 3 is 2.72 bits per heavy atom. The van der Waals surface area contributed by atoms with Crippen LogP contribution in [0.5, 0.6) is 0 Å². The van der Waals surface area contributed by atoms with E-state index in [2.05, 4.69) is 4.98 Å². The number of ketones is 1. The first-order valence-electron chi connectivity index (χ1n) is 9.29. The lowest BCUT2D eigenvalue weighted by atomic mass is 10.0. The average molecular weight is 431 g/mol. The Morgan fingerprint density at radius 1 is 1.24 bits per heavy atom. The van der Waals surface area contributed by atoms with E-state index in [1.807, 2.05) is 39.0 Å². The third-order valence-corrected chi connectivity index (χ3v) is 6.04. The summed E-state index contributed by atoms with van der Waals surface area (Å²) in [7, 11) is 1.58. The minimum absolute atomic E-state index is 0.00920. The van der Waals surface area contributed by atoms with Crippen molar-refractivity contribution >= 4 is 40.0 Å². The SMILES string of the molecule is COCCn1c(S[C@H](C)C(=O)c2cc(C)ccc2C)nc2cc(Cl)ccc2c1=O. The number of aryl methyl sites for hydroxylation is 2. The summed E-state index contributed by atoms with van der Waals surface area (Å²) >= 11 is 7.36. The number of rotatable bonds is 7. The molecule has 0 saturated heterocycles. The zero-order valence-corrected chi connectivity index (χ0v) is 18.4. The van der Waals surface area contributed by atoms with Gasteiger partial charge in [-0.2, -0.15) is 0 Å². The number of halogens is 1. The van der Waals surface area contributed by atoms with Crippen LogP contribution in [-0.4, -0.2) is 34.3 Å². The molecule has 1 atom stereocenters. The second-order valence-electron chi connectivity index (χ2n) is 6.95. The first-order chi connectivity index (χ1) is 13.8. The summed E-state index contributed by atoms with van der Waals surface area (Å²) in [4.78, 5) is 30.7.